The van der Waals surface area contributed by atoms with Crippen LogP contribution in [0.5, 0.6) is 0 Å². The van der Waals surface area contributed by atoms with Crippen molar-refractivity contribution in [2.45, 2.75) is 25.3 Å². The summed E-state index contributed by atoms with van der Waals surface area (Å²) in [4.78, 5) is 22.8. The molecule has 0 spiro atoms. The highest BCUT2D eigenvalue weighted by molar-refractivity contribution is 6.33. The second kappa shape index (κ2) is 5.48. The van der Waals surface area contributed by atoms with Gasteiger partial charge in [0.2, 0.25) is 0 Å². The summed E-state index contributed by atoms with van der Waals surface area (Å²) in [6, 6.07) is 4.59. The molecule has 102 valence electrons. The van der Waals surface area contributed by atoms with E-state index in [-0.39, 0.29) is 17.9 Å². The quantitative estimate of drug-likeness (QED) is 0.738. The first-order valence-corrected chi connectivity index (χ1v) is 6.44. The number of anilines is 1. The Hall–Kier alpha value is -1.75. The lowest BCUT2D eigenvalue weighted by molar-refractivity contribution is -0.141. The molecule has 19 heavy (non-hydrogen) atoms. The first-order valence-electron chi connectivity index (χ1n) is 6.06. The Morgan fingerprint density at radius 3 is 2.68 bits per heavy atom. The number of nitrogens with one attached hydrogen (secondary N) is 1. The van der Waals surface area contributed by atoms with Crippen LogP contribution in [0.1, 0.15) is 29.6 Å². The van der Waals surface area contributed by atoms with E-state index in [9.17, 15) is 9.59 Å². The van der Waals surface area contributed by atoms with Gasteiger partial charge in [0, 0.05) is 11.6 Å². The third-order valence-corrected chi connectivity index (χ3v) is 3.71. The highest BCUT2D eigenvalue weighted by atomic mass is 35.5. The van der Waals surface area contributed by atoms with Crippen LogP contribution >= 0.6 is 11.6 Å². The van der Waals surface area contributed by atoms with E-state index in [0.717, 1.165) is 0 Å². The SMILES string of the molecule is Nc1ccc(C(=O)N[C@H]2CC[C@@H](C(=O)O)C2)cc1Cl. The molecule has 1 aliphatic rings. The number of carboxylic acids is 1. The molecular weight excluding hydrogens is 268 g/mol. The molecule has 1 fully saturated rings. The van der Waals surface area contributed by atoms with Crippen molar-refractivity contribution in [3.63, 3.8) is 0 Å². The van der Waals surface area contributed by atoms with Crippen LogP contribution in [-0.4, -0.2) is 23.0 Å². The summed E-state index contributed by atoms with van der Waals surface area (Å²) in [6.07, 6.45) is 1.76. The Morgan fingerprint density at radius 1 is 1.37 bits per heavy atom. The van der Waals surface area contributed by atoms with Crippen molar-refractivity contribution in [2.75, 3.05) is 5.73 Å². The van der Waals surface area contributed by atoms with Crippen LogP contribution in [0.15, 0.2) is 18.2 Å². The largest absolute Gasteiger partial charge is 0.481 e. The predicted molar refractivity (Wildman–Crippen MR) is 72.1 cm³/mol. The summed E-state index contributed by atoms with van der Waals surface area (Å²) < 4.78 is 0. The van der Waals surface area contributed by atoms with Gasteiger partial charge in [-0.1, -0.05) is 11.6 Å². The Bertz CT molecular complexity index is 519. The van der Waals surface area contributed by atoms with Crippen molar-refractivity contribution in [3.8, 4) is 0 Å². The van der Waals surface area contributed by atoms with Gasteiger partial charge in [0.1, 0.15) is 0 Å². The zero-order valence-electron chi connectivity index (χ0n) is 10.2. The highest BCUT2D eigenvalue weighted by Crippen LogP contribution is 2.26. The molecule has 6 heteroatoms. The Morgan fingerprint density at radius 2 is 2.11 bits per heavy atom. The van der Waals surface area contributed by atoms with Crippen molar-refractivity contribution in [2.24, 2.45) is 5.92 Å². The van der Waals surface area contributed by atoms with Gasteiger partial charge >= 0.3 is 5.97 Å². The monoisotopic (exact) mass is 282 g/mol. The normalized spacial score (nSPS) is 22.2. The molecule has 0 bridgehead atoms. The lowest BCUT2D eigenvalue weighted by Crippen LogP contribution is -2.33. The van der Waals surface area contributed by atoms with Crippen molar-refractivity contribution >= 4 is 29.2 Å². The fraction of sp³-hybridized carbons (Fsp3) is 0.385. The number of benzene rings is 1. The van der Waals surface area contributed by atoms with Gasteiger partial charge in [-0.25, -0.2) is 0 Å². The van der Waals surface area contributed by atoms with E-state index in [1.165, 1.54) is 6.07 Å². The number of carboxylic acid groups (broad SMARTS) is 1. The zero-order chi connectivity index (χ0) is 14.0. The summed E-state index contributed by atoms with van der Waals surface area (Å²) in [5, 5.41) is 12.1. The van der Waals surface area contributed by atoms with Gasteiger partial charge in [0.05, 0.1) is 16.6 Å². The molecule has 4 N–H and O–H groups in total. The second-order valence-electron chi connectivity index (χ2n) is 4.75. The molecule has 1 amide bonds. The van der Waals surface area contributed by atoms with Gasteiger partial charge in [0.25, 0.3) is 5.91 Å². The summed E-state index contributed by atoms with van der Waals surface area (Å²) in [6.45, 7) is 0. The number of halogens is 1. The van der Waals surface area contributed by atoms with E-state index in [1.54, 1.807) is 12.1 Å². The number of hydrogen-bond acceptors (Lipinski definition) is 3. The maximum atomic E-state index is 12.0. The van der Waals surface area contributed by atoms with Crippen LogP contribution in [0.2, 0.25) is 5.02 Å². The molecule has 1 saturated carbocycles. The molecule has 1 aromatic carbocycles. The van der Waals surface area contributed by atoms with Crippen molar-refractivity contribution in [3.05, 3.63) is 28.8 Å². The van der Waals surface area contributed by atoms with Gasteiger partial charge in [-0.3, -0.25) is 9.59 Å². The minimum Gasteiger partial charge on any atom is -0.481 e. The summed E-state index contributed by atoms with van der Waals surface area (Å²) in [5.41, 5.74) is 6.43. The average molecular weight is 283 g/mol. The maximum Gasteiger partial charge on any atom is 0.306 e. The van der Waals surface area contributed by atoms with Crippen LogP contribution in [0.4, 0.5) is 5.69 Å². The van der Waals surface area contributed by atoms with Crippen LogP contribution < -0.4 is 11.1 Å². The van der Waals surface area contributed by atoms with E-state index >= 15 is 0 Å². The maximum absolute atomic E-state index is 12.0. The van der Waals surface area contributed by atoms with Crippen molar-refractivity contribution in [1.29, 1.82) is 0 Å². The molecule has 1 aliphatic carbocycles. The van der Waals surface area contributed by atoms with Crippen LogP contribution in [0.25, 0.3) is 0 Å². The van der Waals surface area contributed by atoms with E-state index in [2.05, 4.69) is 5.32 Å². The smallest absolute Gasteiger partial charge is 0.306 e. The summed E-state index contributed by atoms with van der Waals surface area (Å²) in [7, 11) is 0. The van der Waals surface area contributed by atoms with Gasteiger partial charge in [-0.05, 0) is 37.5 Å². The minimum atomic E-state index is -0.799. The molecule has 2 atom stereocenters. The number of nitrogen functional groups attached to an aromatic ring is 1. The summed E-state index contributed by atoms with van der Waals surface area (Å²) >= 11 is 5.86. The topological polar surface area (TPSA) is 92.4 Å². The molecule has 0 aromatic heterocycles. The second-order valence-corrected chi connectivity index (χ2v) is 5.16. The number of hydrogen-bond donors (Lipinski definition) is 3. The van der Waals surface area contributed by atoms with E-state index in [1.807, 2.05) is 0 Å². The number of carbonyl (C=O) groups is 2. The van der Waals surface area contributed by atoms with Crippen LogP contribution in [0.3, 0.4) is 0 Å². The first kappa shape index (κ1) is 13.7. The fourth-order valence-electron chi connectivity index (χ4n) is 2.27. The molecule has 0 aliphatic heterocycles. The number of aliphatic carboxylic acids is 1. The van der Waals surface area contributed by atoms with Crippen molar-refractivity contribution in [1.82, 2.24) is 5.32 Å². The Balaban J connectivity index is 1.98. The lowest BCUT2D eigenvalue weighted by atomic mass is 10.1. The lowest BCUT2D eigenvalue weighted by Gasteiger charge is -2.12. The zero-order valence-corrected chi connectivity index (χ0v) is 11.0. The van der Waals surface area contributed by atoms with E-state index < -0.39 is 5.97 Å². The third kappa shape index (κ3) is 3.17. The standard InChI is InChI=1S/C13H15ClN2O3/c14-10-6-7(2-4-11(10)15)12(17)16-9-3-1-8(5-9)13(18)19/h2,4,6,8-9H,1,3,5,15H2,(H,16,17)(H,18,19)/t8-,9+/m1/s1. The number of rotatable bonds is 3. The van der Waals surface area contributed by atoms with Crippen molar-refractivity contribution < 1.29 is 14.7 Å². The van der Waals surface area contributed by atoms with Crippen LogP contribution in [-0.2, 0) is 4.79 Å². The molecule has 0 heterocycles. The van der Waals surface area contributed by atoms with Crippen LogP contribution in [0, 0.1) is 5.92 Å². The van der Waals surface area contributed by atoms with Gasteiger partial charge in [-0.2, -0.15) is 0 Å². The average Bonchev–Trinajstić information content (AvgIpc) is 2.81. The van der Waals surface area contributed by atoms with Gasteiger partial charge in [-0.15, -0.1) is 0 Å². The van der Waals surface area contributed by atoms with E-state index in [4.69, 9.17) is 22.4 Å². The molecule has 1 aromatic rings. The third-order valence-electron chi connectivity index (χ3n) is 3.38. The highest BCUT2D eigenvalue weighted by Gasteiger charge is 2.30. The minimum absolute atomic E-state index is 0.0927. The Labute approximate surface area is 115 Å². The first-order chi connectivity index (χ1) is 8.97. The molecule has 0 radical (unpaired) electrons. The fourth-order valence-corrected chi connectivity index (χ4v) is 2.45. The predicted octanol–water partition coefficient (Wildman–Crippen LogP) is 1.91. The van der Waals surface area contributed by atoms with Gasteiger partial charge in [0.15, 0.2) is 0 Å². The molecule has 2 rings (SSSR count). The molecule has 0 unspecified atom stereocenters. The Kier molecular flexibility index (Phi) is 3.95. The molecule has 5 nitrogen and oxygen atoms in total. The number of nitrogens with two attached hydrogens (primary N) is 1. The van der Waals surface area contributed by atoms with Gasteiger partial charge < -0.3 is 16.2 Å². The number of amides is 1. The molecular formula is C13H15ClN2O3. The number of carbonyl (C=O) groups excluding carboxylic acids is 1. The molecule has 0 saturated heterocycles. The van der Waals surface area contributed by atoms with E-state index in [0.29, 0.717) is 35.5 Å². The summed E-state index contributed by atoms with van der Waals surface area (Å²) in [5.74, 6) is -1.41.